The van der Waals surface area contributed by atoms with E-state index in [1.165, 1.54) is 25.3 Å². The fourth-order valence-electron chi connectivity index (χ4n) is 5.66. The van der Waals surface area contributed by atoms with Gasteiger partial charge in [0, 0.05) is 17.7 Å². The van der Waals surface area contributed by atoms with E-state index in [2.05, 4.69) is 0 Å². The lowest BCUT2D eigenvalue weighted by atomic mass is 9.99. The summed E-state index contributed by atoms with van der Waals surface area (Å²) in [6, 6.07) is 5.79. The summed E-state index contributed by atoms with van der Waals surface area (Å²) in [5.41, 5.74) is -1.35. The van der Waals surface area contributed by atoms with Crippen molar-refractivity contribution in [1.29, 1.82) is 0 Å². The molecule has 11 unspecified atom stereocenters. The zero-order valence-corrected chi connectivity index (χ0v) is 27.7. The van der Waals surface area contributed by atoms with Crippen molar-refractivity contribution >= 4 is 16.9 Å². The van der Waals surface area contributed by atoms with E-state index in [-0.39, 0.29) is 40.6 Å². The highest BCUT2D eigenvalue weighted by Crippen LogP contribution is 2.40. The minimum Gasteiger partial charge on any atom is -0.507 e. The molecule has 2 saturated heterocycles. The molecule has 0 aliphatic carbocycles. The van der Waals surface area contributed by atoms with Crippen molar-refractivity contribution in [3.63, 3.8) is 0 Å². The molecular formula is C33H40O19. The van der Waals surface area contributed by atoms with Crippen molar-refractivity contribution < 1.29 is 88.7 Å². The summed E-state index contributed by atoms with van der Waals surface area (Å²) >= 11 is 0. The number of fused-ring (bicyclic) bond motifs is 1. The monoisotopic (exact) mass is 740 g/mol. The molecule has 10 N–H and O–H groups in total. The molecule has 286 valence electrons. The van der Waals surface area contributed by atoms with Gasteiger partial charge in [0.25, 0.3) is 0 Å². The number of aliphatic hydroxyl groups is 8. The number of esters is 1. The van der Waals surface area contributed by atoms with E-state index in [4.69, 9.17) is 32.8 Å². The average molecular weight is 741 g/mol. The topological polar surface area (TPSA) is 305 Å². The molecule has 11 atom stereocenters. The molecule has 2 aliphatic heterocycles. The zero-order chi connectivity index (χ0) is 38.0. The second kappa shape index (κ2) is 16.2. The number of rotatable bonds is 12. The third-order valence-electron chi connectivity index (χ3n) is 8.79. The number of ether oxygens (including phenoxy) is 6. The van der Waals surface area contributed by atoms with E-state index in [0.717, 1.165) is 12.1 Å². The first-order valence-electron chi connectivity index (χ1n) is 16.1. The van der Waals surface area contributed by atoms with Crippen LogP contribution in [-0.4, -0.2) is 145 Å². The molecule has 0 amide bonds. The number of aliphatic hydroxyl groups excluding tert-OH is 8. The number of carbonyl (C=O) groups excluding carboxylic acids is 1. The van der Waals surface area contributed by atoms with Crippen molar-refractivity contribution in [3.05, 3.63) is 40.6 Å². The predicted molar refractivity (Wildman–Crippen MR) is 171 cm³/mol. The Morgan fingerprint density at radius 3 is 2.08 bits per heavy atom. The van der Waals surface area contributed by atoms with E-state index in [1.54, 1.807) is 6.92 Å². The number of benzene rings is 2. The number of aromatic hydroxyl groups is 2. The first kappa shape index (κ1) is 38.9. The summed E-state index contributed by atoms with van der Waals surface area (Å²) in [6.07, 6.45) is -17.1. The summed E-state index contributed by atoms with van der Waals surface area (Å²) in [4.78, 5) is 26.2. The lowest BCUT2D eigenvalue weighted by Crippen LogP contribution is -2.60. The van der Waals surface area contributed by atoms with Gasteiger partial charge in [-0.1, -0.05) is 6.92 Å². The van der Waals surface area contributed by atoms with Crippen molar-refractivity contribution in [2.45, 2.75) is 74.8 Å². The summed E-state index contributed by atoms with van der Waals surface area (Å²) in [7, 11) is 1.26. The molecule has 0 spiro atoms. The second-order valence-corrected chi connectivity index (χ2v) is 12.2. The Balaban J connectivity index is 1.52. The Labute approximate surface area is 293 Å². The molecule has 19 nitrogen and oxygen atoms in total. The third kappa shape index (κ3) is 7.60. The first-order valence-corrected chi connectivity index (χ1v) is 16.1. The van der Waals surface area contributed by atoms with Gasteiger partial charge in [0.2, 0.25) is 23.8 Å². The molecule has 3 heterocycles. The molecule has 2 aromatic carbocycles. The molecular weight excluding hydrogens is 700 g/mol. The molecule has 0 radical (unpaired) electrons. The SMILES string of the molecule is CCC(CO)C(=O)OCC1OC(Oc2cc(O)c3c(=O)c(OC4OC(CO)C(O)C(O)C4O)c(-c4ccc(O)c(OC)c4)oc3c2)C(O)C(O)C1O. The van der Waals surface area contributed by atoms with Crippen molar-refractivity contribution in [2.75, 3.05) is 26.9 Å². The van der Waals surface area contributed by atoms with Crippen molar-refractivity contribution in [1.82, 2.24) is 0 Å². The van der Waals surface area contributed by atoms with Gasteiger partial charge in [0.15, 0.2) is 17.3 Å². The average Bonchev–Trinajstić information content (AvgIpc) is 3.12. The number of carbonyl (C=O) groups is 1. The van der Waals surface area contributed by atoms with Crippen molar-refractivity contribution in [2.24, 2.45) is 5.92 Å². The minimum atomic E-state index is -1.94. The quantitative estimate of drug-likeness (QED) is 0.0882. The second-order valence-electron chi connectivity index (χ2n) is 12.2. The van der Waals surface area contributed by atoms with E-state index < -0.39 is 115 Å². The summed E-state index contributed by atoms with van der Waals surface area (Å²) in [6.45, 7) is -0.221. The van der Waals surface area contributed by atoms with E-state index in [9.17, 15) is 60.7 Å². The smallest absolute Gasteiger partial charge is 0.311 e. The maximum Gasteiger partial charge on any atom is 0.311 e. The van der Waals surface area contributed by atoms with Gasteiger partial charge in [-0.15, -0.1) is 0 Å². The van der Waals surface area contributed by atoms with Gasteiger partial charge in [0.05, 0.1) is 26.2 Å². The normalized spacial score (nSPS) is 29.7. The van der Waals surface area contributed by atoms with Crippen molar-refractivity contribution in [3.8, 4) is 40.1 Å². The largest absolute Gasteiger partial charge is 0.507 e. The highest BCUT2D eigenvalue weighted by Gasteiger charge is 2.47. The van der Waals surface area contributed by atoms with Gasteiger partial charge >= 0.3 is 5.97 Å². The maximum absolute atomic E-state index is 14.0. The lowest BCUT2D eigenvalue weighted by Gasteiger charge is -2.40. The first-order chi connectivity index (χ1) is 24.7. The van der Waals surface area contributed by atoms with Gasteiger partial charge in [-0.05, 0) is 24.6 Å². The fourth-order valence-corrected chi connectivity index (χ4v) is 5.66. The Hall–Kier alpha value is -4.28. The third-order valence-corrected chi connectivity index (χ3v) is 8.79. The number of hydrogen-bond donors (Lipinski definition) is 10. The molecule has 1 aromatic heterocycles. The molecule has 0 saturated carbocycles. The number of hydrogen-bond acceptors (Lipinski definition) is 19. The fraction of sp³-hybridized carbons (Fsp3) is 0.515. The summed E-state index contributed by atoms with van der Waals surface area (Å²) in [5, 5.41) is 102. The van der Waals surface area contributed by atoms with Crippen LogP contribution in [0.5, 0.6) is 28.7 Å². The Morgan fingerprint density at radius 1 is 0.827 bits per heavy atom. The molecule has 19 heteroatoms. The number of phenolic OH excluding ortho intramolecular Hbond substituents is 2. The van der Waals surface area contributed by atoms with Gasteiger partial charge in [-0.2, -0.15) is 0 Å². The van der Waals surface area contributed by atoms with Crippen LogP contribution in [0.25, 0.3) is 22.3 Å². The van der Waals surface area contributed by atoms with Crippen LogP contribution in [0.4, 0.5) is 0 Å². The van der Waals surface area contributed by atoms with Crippen LogP contribution in [-0.2, 0) is 19.0 Å². The standard InChI is InChI=1S/C33H40O19/c1-3-12(9-34)31(45)47-11-20-23(39)26(42)27(43)32(51-20)48-14-7-16(37)21-18(8-14)49-29(13-4-5-15(36)17(6-13)46-2)30(24(21)40)52-33-28(44)25(41)22(38)19(10-35)50-33/h4-8,12,19-20,22-23,25-28,32-39,41-44H,3,9-11H2,1-2H3. The Bertz CT molecular complexity index is 1770. The van der Waals surface area contributed by atoms with Crippen LogP contribution in [0.15, 0.2) is 39.5 Å². The molecule has 2 aliphatic rings. The van der Waals surface area contributed by atoms with Gasteiger partial charge in [-0.3, -0.25) is 9.59 Å². The molecule has 2 fully saturated rings. The number of phenols is 2. The predicted octanol–water partition coefficient (Wildman–Crippen LogP) is -2.19. The zero-order valence-electron chi connectivity index (χ0n) is 27.7. The van der Waals surface area contributed by atoms with Crippen LogP contribution >= 0.6 is 0 Å². The summed E-state index contributed by atoms with van der Waals surface area (Å²) < 4.78 is 38.7. The number of methoxy groups -OCH3 is 1. The lowest BCUT2D eigenvalue weighted by molar-refractivity contribution is -0.278. The van der Waals surface area contributed by atoms with Crippen LogP contribution in [0.1, 0.15) is 13.3 Å². The maximum atomic E-state index is 14.0. The molecule has 5 rings (SSSR count). The van der Waals surface area contributed by atoms with Gasteiger partial charge < -0.3 is 83.9 Å². The van der Waals surface area contributed by atoms with E-state index >= 15 is 0 Å². The Kier molecular flexibility index (Phi) is 12.1. The molecule has 0 bridgehead atoms. The van der Waals surface area contributed by atoms with E-state index in [0.29, 0.717) is 0 Å². The van der Waals surface area contributed by atoms with Crippen LogP contribution in [0, 0.1) is 5.92 Å². The van der Waals surface area contributed by atoms with Crippen LogP contribution in [0.3, 0.4) is 0 Å². The minimum absolute atomic E-state index is 0.0473. The van der Waals surface area contributed by atoms with Gasteiger partial charge in [0.1, 0.15) is 77.9 Å². The Morgan fingerprint density at radius 2 is 1.46 bits per heavy atom. The van der Waals surface area contributed by atoms with E-state index in [1.807, 2.05) is 0 Å². The highest BCUT2D eigenvalue weighted by molar-refractivity contribution is 5.88. The highest BCUT2D eigenvalue weighted by atomic mass is 16.7. The van der Waals surface area contributed by atoms with Crippen LogP contribution in [0.2, 0.25) is 0 Å². The summed E-state index contributed by atoms with van der Waals surface area (Å²) in [5.74, 6) is -4.10. The molecule has 52 heavy (non-hydrogen) atoms. The van der Waals surface area contributed by atoms with Gasteiger partial charge in [-0.25, -0.2) is 0 Å². The van der Waals surface area contributed by atoms with Crippen LogP contribution < -0.4 is 19.6 Å². The molecule has 3 aromatic rings.